The maximum absolute atomic E-state index is 12.7. The second-order valence-corrected chi connectivity index (χ2v) is 6.22. The van der Waals surface area contributed by atoms with E-state index in [1.54, 1.807) is 10.9 Å². The average molecular weight is 302 g/mol. The van der Waals surface area contributed by atoms with Gasteiger partial charge in [-0.25, -0.2) is 4.98 Å². The van der Waals surface area contributed by atoms with E-state index in [0.29, 0.717) is 16.1 Å². The smallest absolute Gasteiger partial charge is 0.277 e. The van der Waals surface area contributed by atoms with Crippen molar-refractivity contribution in [1.82, 2.24) is 14.5 Å². The summed E-state index contributed by atoms with van der Waals surface area (Å²) in [6.07, 6.45) is 7.49. The molecule has 4 rings (SSSR count). The lowest BCUT2D eigenvalue weighted by atomic mass is 9.95. The number of nitrogens with one attached hydrogen (secondary N) is 1. The van der Waals surface area contributed by atoms with Crippen LogP contribution in [0.3, 0.4) is 0 Å². The fourth-order valence-corrected chi connectivity index (χ4v) is 3.53. The molecule has 0 unspecified atom stereocenters. The molecular formula is C16H16ClN3O. The highest BCUT2D eigenvalue weighted by Gasteiger charge is 2.19. The van der Waals surface area contributed by atoms with Crippen molar-refractivity contribution in [3.05, 3.63) is 39.9 Å². The number of benzene rings is 1. The van der Waals surface area contributed by atoms with E-state index in [4.69, 9.17) is 11.6 Å². The zero-order valence-electron chi connectivity index (χ0n) is 11.6. The van der Waals surface area contributed by atoms with Crippen LogP contribution in [0.4, 0.5) is 0 Å². The van der Waals surface area contributed by atoms with Crippen molar-refractivity contribution in [1.29, 1.82) is 0 Å². The number of aromatic amines is 1. The maximum Gasteiger partial charge on any atom is 0.277 e. The van der Waals surface area contributed by atoms with Crippen LogP contribution in [0, 0.1) is 0 Å². The molecule has 3 aromatic rings. The molecule has 4 nitrogen and oxygen atoms in total. The van der Waals surface area contributed by atoms with Crippen LogP contribution in [0.5, 0.6) is 0 Å². The third-order valence-electron chi connectivity index (χ3n) is 4.46. The molecule has 0 atom stereocenters. The van der Waals surface area contributed by atoms with E-state index in [2.05, 4.69) is 9.97 Å². The van der Waals surface area contributed by atoms with Crippen molar-refractivity contribution in [2.24, 2.45) is 0 Å². The molecule has 1 aliphatic rings. The summed E-state index contributed by atoms with van der Waals surface area (Å²) in [6.45, 7) is 0. The van der Waals surface area contributed by atoms with Crippen LogP contribution in [0.2, 0.25) is 5.02 Å². The standard InChI is InChI=1S/C16H16ClN3O/c17-10-6-7-13-12(8-10)14-15(19-13)16(21)20(9-18-14)11-4-2-1-3-5-11/h6-9,11,19H,1-5H2. The van der Waals surface area contributed by atoms with Crippen LogP contribution < -0.4 is 5.56 Å². The highest BCUT2D eigenvalue weighted by Crippen LogP contribution is 2.28. The Morgan fingerprint density at radius 3 is 2.86 bits per heavy atom. The minimum Gasteiger partial charge on any atom is -0.349 e. The Balaban J connectivity index is 1.94. The molecule has 108 valence electrons. The number of hydrogen-bond acceptors (Lipinski definition) is 2. The Labute approximate surface area is 126 Å². The molecule has 0 aliphatic heterocycles. The lowest BCUT2D eigenvalue weighted by Crippen LogP contribution is -2.26. The molecule has 0 spiro atoms. The van der Waals surface area contributed by atoms with E-state index >= 15 is 0 Å². The Hall–Kier alpha value is -1.81. The van der Waals surface area contributed by atoms with Gasteiger partial charge in [0.15, 0.2) is 0 Å². The van der Waals surface area contributed by atoms with Crippen molar-refractivity contribution < 1.29 is 0 Å². The van der Waals surface area contributed by atoms with Crippen molar-refractivity contribution in [2.45, 2.75) is 38.1 Å². The molecule has 0 saturated heterocycles. The first kappa shape index (κ1) is 12.9. The SMILES string of the molecule is O=c1c2[nH]c3ccc(Cl)cc3c2ncn1C1CCCCC1. The van der Waals surface area contributed by atoms with Crippen LogP contribution >= 0.6 is 11.6 Å². The van der Waals surface area contributed by atoms with Crippen molar-refractivity contribution in [3.8, 4) is 0 Å². The predicted molar refractivity (Wildman–Crippen MR) is 85.0 cm³/mol. The van der Waals surface area contributed by atoms with Gasteiger partial charge in [0, 0.05) is 22.0 Å². The number of hydrogen-bond donors (Lipinski definition) is 1. The maximum atomic E-state index is 12.7. The van der Waals surface area contributed by atoms with Crippen molar-refractivity contribution in [2.75, 3.05) is 0 Å². The van der Waals surface area contributed by atoms with E-state index in [9.17, 15) is 4.79 Å². The Morgan fingerprint density at radius 2 is 2.05 bits per heavy atom. The van der Waals surface area contributed by atoms with Crippen molar-refractivity contribution in [3.63, 3.8) is 0 Å². The Kier molecular flexibility index (Phi) is 3.00. The van der Waals surface area contributed by atoms with Crippen molar-refractivity contribution >= 4 is 33.5 Å². The molecule has 1 saturated carbocycles. The lowest BCUT2D eigenvalue weighted by Gasteiger charge is -2.23. The van der Waals surface area contributed by atoms with Gasteiger partial charge in [-0.3, -0.25) is 9.36 Å². The van der Waals surface area contributed by atoms with Gasteiger partial charge < -0.3 is 4.98 Å². The minimum absolute atomic E-state index is 0.0271. The zero-order valence-corrected chi connectivity index (χ0v) is 12.4. The van der Waals surface area contributed by atoms with Crippen LogP contribution in [-0.2, 0) is 0 Å². The van der Waals surface area contributed by atoms with E-state index in [-0.39, 0.29) is 11.6 Å². The predicted octanol–water partition coefficient (Wildman–Crippen LogP) is 4.04. The number of nitrogens with zero attached hydrogens (tertiary/aromatic N) is 2. The highest BCUT2D eigenvalue weighted by atomic mass is 35.5. The number of halogens is 1. The molecule has 0 bridgehead atoms. The number of H-pyrrole nitrogens is 1. The van der Waals surface area contributed by atoms with Gasteiger partial charge in [-0.05, 0) is 31.0 Å². The molecule has 1 fully saturated rings. The molecule has 1 aliphatic carbocycles. The molecule has 2 heterocycles. The molecule has 5 heteroatoms. The quantitative estimate of drug-likeness (QED) is 0.737. The summed E-state index contributed by atoms with van der Waals surface area (Å²) in [7, 11) is 0. The normalized spacial score (nSPS) is 16.8. The largest absolute Gasteiger partial charge is 0.349 e. The molecule has 2 aromatic heterocycles. The second kappa shape index (κ2) is 4.88. The van der Waals surface area contributed by atoms with Gasteiger partial charge in [0.25, 0.3) is 5.56 Å². The van der Waals surface area contributed by atoms with Crippen LogP contribution in [-0.4, -0.2) is 14.5 Å². The first-order chi connectivity index (χ1) is 10.2. The molecule has 21 heavy (non-hydrogen) atoms. The van der Waals surface area contributed by atoms with Gasteiger partial charge in [0.1, 0.15) is 11.0 Å². The number of fused-ring (bicyclic) bond motifs is 3. The van der Waals surface area contributed by atoms with Gasteiger partial charge in [0.2, 0.25) is 0 Å². The lowest BCUT2D eigenvalue weighted by molar-refractivity contribution is 0.345. The fraction of sp³-hybridized carbons (Fsp3) is 0.375. The zero-order chi connectivity index (χ0) is 14.4. The molecular weight excluding hydrogens is 286 g/mol. The molecule has 0 radical (unpaired) electrons. The van der Waals surface area contributed by atoms with Gasteiger partial charge in [-0.1, -0.05) is 30.9 Å². The third kappa shape index (κ3) is 2.05. The summed E-state index contributed by atoms with van der Waals surface area (Å²) in [5.74, 6) is 0. The number of aromatic nitrogens is 3. The molecule has 1 N–H and O–H groups in total. The van der Waals surface area contributed by atoms with Crippen LogP contribution in [0.1, 0.15) is 38.1 Å². The topological polar surface area (TPSA) is 50.7 Å². The summed E-state index contributed by atoms with van der Waals surface area (Å²) in [5, 5.41) is 1.56. The van der Waals surface area contributed by atoms with Gasteiger partial charge in [0.05, 0.1) is 6.33 Å². The second-order valence-electron chi connectivity index (χ2n) is 5.79. The first-order valence-electron chi connectivity index (χ1n) is 7.42. The Bertz CT molecular complexity index is 874. The average Bonchev–Trinajstić information content (AvgIpc) is 2.87. The summed E-state index contributed by atoms with van der Waals surface area (Å²) in [4.78, 5) is 20.5. The van der Waals surface area contributed by atoms with E-state index in [1.807, 2.05) is 18.2 Å². The summed E-state index contributed by atoms with van der Waals surface area (Å²) in [6, 6.07) is 5.86. The number of rotatable bonds is 1. The van der Waals surface area contributed by atoms with Gasteiger partial charge in [-0.15, -0.1) is 0 Å². The fourth-order valence-electron chi connectivity index (χ4n) is 3.36. The van der Waals surface area contributed by atoms with E-state index in [0.717, 1.165) is 23.7 Å². The first-order valence-corrected chi connectivity index (χ1v) is 7.80. The van der Waals surface area contributed by atoms with Gasteiger partial charge in [-0.2, -0.15) is 0 Å². The Morgan fingerprint density at radius 1 is 1.24 bits per heavy atom. The molecule has 0 amide bonds. The van der Waals surface area contributed by atoms with Gasteiger partial charge >= 0.3 is 0 Å². The third-order valence-corrected chi connectivity index (χ3v) is 4.70. The summed E-state index contributed by atoms with van der Waals surface area (Å²) in [5.41, 5.74) is 2.23. The monoisotopic (exact) mass is 301 g/mol. The minimum atomic E-state index is 0.0271. The highest BCUT2D eigenvalue weighted by molar-refractivity contribution is 6.31. The molecule has 1 aromatic carbocycles. The van der Waals surface area contributed by atoms with Crippen LogP contribution in [0.15, 0.2) is 29.3 Å². The summed E-state index contributed by atoms with van der Waals surface area (Å²) < 4.78 is 1.80. The van der Waals surface area contributed by atoms with E-state index < -0.39 is 0 Å². The summed E-state index contributed by atoms with van der Waals surface area (Å²) >= 11 is 6.04. The van der Waals surface area contributed by atoms with Crippen LogP contribution in [0.25, 0.3) is 21.9 Å². The van der Waals surface area contributed by atoms with E-state index in [1.165, 1.54) is 19.3 Å².